The van der Waals surface area contributed by atoms with Crippen LogP contribution in [0.15, 0.2) is 46.0 Å². The summed E-state index contributed by atoms with van der Waals surface area (Å²) in [7, 11) is 1.80. The first-order valence-electron chi connectivity index (χ1n) is 9.85. The molecule has 1 aromatic carbocycles. The van der Waals surface area contributed by atoms with Gasteiger partial charge in [0.1, 0.15) is 6.26 Å². The van der Waals surface area contributed by atoms with E-state index in [2.05, 4.69) is 39.4 Å². The smallest absolute Gasteiger partial charge is 0.226 e. The molecule has 1 fully saturated rings. The van der Waals surface area contributed by atoms with E-state index in [1.54, 1.807) is 13.3 Å². The molecule has 0 spiro atoms. The van der Waals surface area contributed by atoms with Gasteiger partial charge in [0.15, 0.2) is 5.96 Å². The van der Waals surface area contributed by atoms with Crippen LogP contribution in [0.3, 0.4) is 0 Å². The first-order chi connectivity index (χ1) is 13.2. The lowest BCUT2D eigenvalue weighted by Gasteiger charge is -2.31. The van der Waals surface area contributed by atoms with E-state index in [0.717, 1.165) is 23.8 Å². The fourth-order valence-electron chi connectivity index (χ4n) is 3.56. The van der Waals surface area contributed by atoms with Crippen LogP contribution in [-0.4, -0.2) is 48.6 Å². The van der Waals surface area contributed by atoms with Crippen LogP contribution in [0.25, 0.3) is 11.5 Å². The minimum absolute atomic E-state index is 0.530. The minimum Gasteiger partial charge on any atom is -0.444 e. The number of guanidine groups is 1. The number of rotatable bonds is 7. The van der Waals surface area contributed by atoms with Crippen molar-refractivity contribution < 1.29 is 4.42 Å². The highest BCUT2D eigenvalue weighted by Gasteiger charge is 2.24. The Morgan fingerprint density at radius 1 is 1.19 bits per heavy atom. The number of aliphatic imine (C=N–C) groups is 1. The highest BCUT2D eigenvalue weighted by molar-refractivity contribution is 5.79. The lowest BCUT2D eigenvalue weighted by molar-refractivity contribution is 0.192. The molecule has 2 aromatic rings. The van der Waals surface area contributed by atoms with Crippen molar-refractivity contribution in [1.82, 2.24) is 20.5 Å². The molecule has 1 aliphatic heterocycles. The number of likely N-dealkylation sites (tertiary alicyclic amines) is 1. The molecule has 0 aliphatic carbocycles. The molecule has 2 heterocycles. The second-order valence-electron chi connectivity index (χ2n) is 7.37. The van der Waals surface area contributed by atoms with Crippen LogP contribution in [-0.2, 0) is 6.54 Å². The Labute approximate surface area is 162 Å². The number of aromatic nitrogens is 1. The van der Waals surface area contributed by atoms with Gasteiger partial charge in [0.05, 0.1) is 12.2 Å². The molecule has 1 aliphatic rings. The average Bonchev–Trinajstić information content (AvgIpc) is 3.37. The molecule has 0 amide bonds. The highest BCUT2D eigenvalue weighted by atomic mass is 16.3. The van der Waals surface area contributed by atoms with E-state index in [-0.39, 0.29) is 0 Å². The number of hydrogen-bond donors (Lipinski definition) is 2. The van der Waals surface area contributed by atoms with Crippen molar-refractivity contribution in [3.8, 4) is 11.5 Å². The van der Waals surface area contributed by atoms with Gasteiger partial charge >= 0.3 is 0 Å². The number of nitrogens with one attached hydrogen (secondary N) is 2. The summed E-state index contributed by atoms with van der Waals surface area (Å²) in [5.41, 5.74) is 1.84. The fourth-order valence-corrected chi connectivity index (χ4v) is 3.56. The third-order valence-corrected chi connectivity index (χ3v) is 5.09. The number of benzene rings is 1. The van der Waals surface area contributed by atoms with Crippen molar-refractivity contribution in [2.75, 3.05) is 26.7 Å². The van der Waals surface area contributed by atoms with E-state index >= 15 is 0 Å². The third-order valence-electron chi connectivity index (χ3n) is 5.09. The first kappa shape index (κ1) is 19.4. The predicted molar refractivity (Wildman–Crippen MR) is 110 cm³/mol. The normalized spacial score (nSPS) is 16.7. The van der Waals surface area contributed by atoms with E-state index in [1.165, 1.54) is 25.9 Å². The lowest BCUT2D eigenvalue weighted by Crippen LogP contribution is -2.48. The molecule has 0 radical (unpaired) electrons. The summed E-state index contributed by atoms with van der Waals surface area (Å²) in [6, 6.07) is 10.5. The van der Waals surface area contributed by atoms with Crippen LogP contribution < -0.4 is 10.6 Å². The zero-order valence-electron chi connectivity index (χ0n) is 16.6. The van der Waals surface area contributed by atoms with Gasteiger partial charge in [-0.1, -0.05) is 32.0 Å². The van der Waals surface area contributed by atoms with E-state index in [4.69, 9.17) is 4.42 Å². The molecule has 0 saturated carbocycles. The number of oxazole rings is 1. The molecule has 2 N–H and O–H groups in total. The largest absolute Gasteiger partial charge is 0.444 e. The zero-order valence-corrected chi connectivity index (χ0v) is 16.6. The van der Waals surface area contributed by atoms with Crippen molar-refractivity contribution in [2.24, 2.45) is 10.9 Å². The van der Waals surface area contributed by atoms with Crippen LogP contribution in [0.4, 0.5) is 0 Å². The predicted octanol–water partition coefficient (Wildman–Crippen LogP) is 3.13. The quantitative estimate of drug-likeness (QED) is 0.580. The van der Waals surface area contributed by atoms with Gasteiger partial charge < -0.3 is 15.1 Å². The molecular weight excluding hydrogens is 338 g/mol. The van der Waals surface area contributed by atoms with Crippen molar-refractivity contribution in [3.63, 3.8) is 0 Å². The third kappa shape index (κ3) is 5.32. The molecule has 0 bridgehead atoms. The highest BCUT2D eigenvalue weighted by Crippen LogP contribution is 2.18. The molecule has 146 valence electrons. The standard InChI is InChI=1S/C21H31N5O/c1-16(2)19(26-11-7-8-12-26)14-24-21(22-3)23-13-18-15-27-20(25-18)17-9-5-4-6-10-17/h4-6,9-10,15-16,19H,7-8,11-14H2,1-3H3,(H2,22,23,24). The van der Waals surface area contributed by atoms with Gasteiger partial charge in [0.2, 0.25) is 5.89 Å². The van der Waals surface area contributed by atoms with Gasteiger partial charge in [-0.3, -0.25) is 9.89 Å². The Bertz CT molecular complexity index is 719. The summed E-state index contributed by atoms with van der Waals surface area (Å²) in [5.74, 6) is 2.05. The Kier molecular flexibility index (Phi) is 6.87. The molecule has 6 heteroatoms. The van der Waals surface area contributed by atoms with Crippen LogP contribution in [0.1, 0.15) is 32.4 Å². The van der Waals surface area contributed by atoms with E-state index in [0.29, 0.717) is 24.4 Å². The van der Waals surface area contributed by atoms with Gasteiger partial charge in [-0.2, -0.15) is 0 Å². The fraction of sp³-hybridized carbons (Fsp3) is 0.524. The maximum Gasteiger partial charge on any atom is 0.226 e. The summed E-state index contributed by atoms with van der Waals surface area (Å²) in [6.07, 6.45) is 4.32. The van der Waals surface area contributed by atoms with Gasteiger partial charge in [-0.25, -0.2) is 4.98 Å². The van der Waals surface area contributed by atoms with Crippen LogP contribution in [0, 0.1) is 5.92 Å². The molecule has 1 aromatic heterocycles. The summed E-state index contributed by atoms with van der Waals surface area (Å²) >= 11 is 0. The van der Waals surface area contributed by atoms with E-state index in [9.17, 15) is 0 Å². The Balaban J connectivity index is 1.51. The van der Waals surface area contributed by atoms with Gasteiger partial charge in [0, 0.05) is 25.2 Å². The second-order valence-corrected chi connectivity index (χ2v) is 7.37. The Morgan fingerprint density at radius 2 is 1.93 bits per heavy atom. The number of nitrogens with zero attached hydrogens (tertiary/aromatic N) is 3. The summed E-state index contributed by atoms with van der Waals surface area (Å²) in [5, 5.41) is 6.81. The van der Waals surface area contributed by atoms with Crippen LogP contribution >= 0.6 is 0 Å². The summed E-state index contributed by atoms with van der Waals surface area (Å²) in [4.78, 5) is 11.5. The summed E-state index contributed by atoms with van der Waals surface area (Å²) in [6.45, 7) is 8.47. The molecule has 1 atom stereocenters. The molecule has 1 unspecified atom stereocenters. The van der Waals surface area contributed by atoms with Gasteiger partial charge in [0.25, 0.3) is 0 Å². The summed E-state index contributed by atoms with van der Waals surface area (Å²) < 4.78 is 5.60. The topological polar surface area (TPSA) is 65.7 Å². The Morgan fingerprint density at radius 3 is 2.59 bits per heavy atom. The van der Waals surface area contributed by atoms with Crippen molar-refractivity contribution in [3.05, 3.63) is 42.3 Å². The van der Waals surface area contributed by atoms with Gasteiger partial charge in [-0.15, -0.1) is 0 Å². The van der Waals surface area contributed by atoms with Gasteiger partial charge in [-0.05, 0) is 44.0 Å². The van der Waals surface area contributed by atoms with E-state index in [1.807, 2.05) is 30.3 Å². The van der Waals surface area contributed by atoms with Crippen molar-refractivity contribution in [1.29, 1.82) is 0 Å². The average molecular weight is 370 g/mol. The Hall–Kier alpha value is -2.34. The van der Waals surface area contributed by atoms with E-state index < -0.39 is 0 Å². The molecule has 27 heavy (non-hydrogen) atoms. The van der Waals surface area contributed by atoms with Crippen LogP contribution in [0.2, 0.25) is 0 Å². The monoisotopic (exact) mass is 369 g/mol. The maximum absolute atomic E-state index is 5.60. The first-order valence-corrected chi connectivity index (χ1v) is 9.85. The second kappa shape index (κ2) is 9.55. The van der Waals surface area contributed by atoms with Crippen molar-refractivity contribution >= 4 is 5.96 Å². The maximum atomic E-state index is 5.60. The SMILES string of the molecule is CN=C(NCc1coc(-c2ccccc2)n1)NCC(C(C)C)N1CCCC1. The molecular formula is C21H31N5O. The zero-order chi connectivity index (χ0) is 19.1. The minimum atomic E-state index is 0.530. The lowest BCUT2D eigenvalue weighted by atomic mass is 10.0. The molecule has 1 saturated heterocycles. The molecule has 6 nitrogen and oxygen atoms in total. The molecule has 3 rings (SSSR count). The van der Waals surface area contributed by atoms with Crippen LogP contribution in [0.5, 0.6) is 0 Å². The van der Waals surface area contributed by atoms with Crippen molar-refractivity contribution in [2.45, 2.75) is 39.3 Å². The number of hydrogen-bond acceptors (Lipinski definition) is 4.